The van der Waals surface area contributed by atoms with Crippen LogP contribution in [0.4, 0.5) is 17.3 Å². The number of rotatable bonds is 6. The molecule has 11 heteroatoms. The number of nitrogens with zero attached hydrogens (tertiary/aromatic N) is 3. The Morgan fingerprint density at radius 1 is 1.12 bits per heavy atom. The average molecular weight is 468 g/mol. The van der Waals surface area contributed by atoms with E-state index < -0.39 is 16.0 Å². The van der Waals surface area contributed by atoms with Gasteiger partial charge in [-0.05, 0) is 61.9 Å². The minimum atomic E-state index is -3.89. The van der Waals surface area contributed by atoms with Gasteiger partial charge in [-0.25, -0.2) is 27.9 Å². The number of hydrogen-bond acceptors (Lipinski definition) is 8. The maximum absolute atomic E-state index is 12.6. The minimum absolute atomic E-state index is 0.00585. The Morgan fingerprint density at radius 3 is 2.61 bits per heavy atom. The number of sulfonamides is 1. The summed E-state index contributed by atoms with van der Waals surface area (Å²) in [6.07, 6.45) is 1.46. The number of anilines is 3. The summed E-state index contributed by atoms with van der Waals surface area (Å²) in [7, 11) is -3.89. The molecule has 1 aromatic heterocycles. The van der Waals surface area contributed by atoms with Gasteiger partial charge in [0.05, 0.1) is 17.1 Å². The van der Waals surface area contributed by atoms with Gasteiger partial charge in [-0.1, -0.05) is 6.07 Å². The first-order valence-electron chi connectivity index (χ1n) is 9.98. The summed E-state index contributed by atoms with van der Waals surface area (Å²) in [5.74, 6) is -0.416. The van der Waals surface area contributed by atoms with Crippen molar-refractivity contribution < 1.29 is 22.7 Å². The Balaban J connectivity index is 1.42. The van der Waals surface area contributed by atoms with Crippen LogP contribution in [0.25, 0.3) is 0 Å². The molecule has 10 nitrogen and oxygen atoms in total. The molecule has 0 fully saturated rings. The fourth-order valence-electron chi connectivity index (χ4n) is 3.27. The molecule has 170 valence electrons. The molecule has 1 amide bonds. The molecular weight excluding hydrogens is 446 g/mol. The number of aromatic nitrogens is 2. The van der Waals surface area contributed by atoms with E-state index in [9.17, 15) is 18.0 Å². The van der Waals surface area contributed by atoms with Gasteiger partial charge in [-0.3, -0.25) is 4.79 Å². The van der Waals surface area contributed by atoms with Gasteiger partial charge in [0, 0.05) is 17.6 Å². The van der Waals surface area contributed by atoms with Crippen molar-refractivity contribution >= 4 is 39.2 Å². The number of amides is 1. The van der Waals surface area contributed by atoms with E-state index in [0.717, 1.165) is 5.56 Å². The van der Waals surface area contributed by atoms with Crippen LogP contribution in [0.5, 0.6) is 5.75 Å². The van der Waals surface area contributed by atoms with E-state index in [4.69, 9.17) is 4.74 Å². The lowest BCUT2D eigenvalue weighted by Crippen LogP contribution is -2.41. The number of carbonyl (C=O) groups excluding carboxylic acids is 2. The summed E-state index contributed by atoms with van der Waals surface area (Å²) in [6, 6.07) is 12.8. The Hall–Kier alpha value is -3.99. The van der Waals surface area contributed by atoms with Crippen LogP contribution in [-0.2, 0) is 19.6 Å². The molecular formula is C22H21N5O5S. The molecule has 0 saturated heterocycles. The maximum atomic E-state index is 12.6. The van der Waals surface area contributed by atoms with Gasteiger partial charge in [-0.15, -0.1) is 0 Å². The van der Waals surface area contributed by atoms with Gasteiger partial charge < -0.3 is 15.0 Å². The topological polar surface area (TPSA) is 131 Å². The molecule has 2 N–H and O–H groups in total. The van der Waals surface area contributed by atoms with Crippen molar-refractivity contribution in [1.82, 2.24) is 9.97 Å². The summed E-state index contributed by atoms with van der Waals surface area (Å²) in [6.45, 7) is 3.49. The van der Waals surface area contributed by atoms with E-state index in [-0.39, 0.29) is 29.8 Å². The number of fused-ring (bicyclic) bond motifs is 1. The molecule has 0 unspecified atom stereocenters. The second kappa shape index (κ2) is 8.87. The minimum Gasteiger partial charge on any atom is -0.423 e. The molecule has 33 heavy (non-hydrogen) atoms. The Labute approximate surface area is 190 Å². The first-order chi connectivity index (χ1) is 15.7. The van der Waals surface area contributed by atoms with Crippen molar-refractivity contribution in [2.75, 3.05) is 28.0 Å². The van der Waals surface area contributed by atoms with Crippen molar-refractivity contribution in [3.05, 3.63) is 66.0 Å². The lowest BCUT2D eigenvalue weighted by Gasteiger charge is -2.29. The summed E-state index contributed by atoms with van der Waals surface area (Å²) in [5.41, 5.74) is 2.63. The third-order valence-corrected chi connectivity index (χ3v) is 6.15. The molecule has 0 spiro atoms. The molecule has 4 rings (SSSR count). The van der Waals surface area contributed by atoms with Gasteiger partial charge in [-0.2, -0.15) is 0 Å². The first-order valence-corrected chi connectivity index (χ1v) is 11.5. The lowest BCUT2D eigenvalue weighted by molar-refractivity contribution is -0.133. The number of ether oxygens (including phenoxy) is 1. The number of esters is 1. The molecule has 0 saturated carbocycles. The average Bonchev–Trinajstić information content (AvgIpc) is 2.73. The van der Waals surface area contributed by atoms with Crippen molar-refractivity contribution in [1.29, 1.82) is 0 Å². The zero-order valence-electron chi connectivity index (χ0n) is 17.9. The zero-order chi connectivity index (χ0) is 23.6. The SMILES string of the molecule is Cc1ccc2c(c1)OC(=O)CN2CC(=O)Nc1ccc(S(=O)(=O)Nc2nccc(C)n2)cc1. The van der Waals surface area contributed by atoms with Crippen molar-refractivity contribution in [3.8, 4) is 5.75 Å². The number of carbonyl (C=O) groups is 2. The second-order valence-corrected chi connectivity index (χ2v) is 9.18. The van der Waals surface area contributed by atoms with E-state index in [2.05, 4.69) is 20.0 Å². The molecule has 0 atom stereocenters. The first kappa shape index (κ1) is 22.2. The van der Waals surface area contributed by atoms with Crippen LogP contribution in [0.2, 0.25) is 0 Å². The van der Waals surface area contributed by atoms with E-state index in [1.165, 1.54) is 30.5 Å². The predicted octanol–water partition coefficient (Wildman–Crippen LogP) is 2.26. The van der Waals surface area contributed by atoms with Crippen LogP contribution in [0.3, 0.4) is 0 Å². The molecule has 0 aliphatic carbocycles. The fraction of sp³-hybridized carbons (Fsp3) is 0.182. The standard InChI is InChI=1S/C22H21N5O5S/c1-14-3-8-18-19(11-14)32-21(29)13-27(18)12-20(28)25-16-4-6-17(7-5-16)33(30,31)26-22-23-10-9-15(2)24-22/h3-11H,12-13H2,1-2H3,(H,25,28)(H,23,24,26). The van der Waals surface area contributed by atoms with Crippen LogP contribution >= 0.6 is 0 Å². The highest BCUT2D eigenvalue weighted by Gasteiger charge is 2.26. The van der Waals surface area contributed by atoms with Crippen LogP contribution in [-0.4, -0.2) is 43.4 Å². The summed E-state index contributed by atoms with van der Waals surface area (Å²) >= 11 is 0. The number of hydrogen-bond donors (Lipinski definition) is 2. The van der Waals surface area contributed by atoms with Gasteiger partial charge in [0.25, 0.3) is 10.0 Å². The number of nitrogens with one attached hydrogen (secondary N) is 2. The summed E-state index contributed by atoms with van der Waals surface area (Å²) in [5, 5.41) is 2.71. The molecule has 1 aliphatic rings. The Morgan fingerprint density at radius 2 is 1.88 bits per heavy atom. The molecule has 0 bridgehead atoms. The van der Waals surface area contributed by atoms with Crippen molar-refractivity contribution in [2.45, 2.75) is 18.7 Å². The smallest absolute Gasteiger partial charge is 0.331 e. The van der Waals surface area contributed by atoms with E-state index in [0.29, 0.717) is 22.8 Å². The van der Waals surface area contributed by atoms with Crippen LogP contribution in [0, 0.1) is 13.8 Å². The molecule has 1 aliphatic heterocycles. The predicted molar refractivity (Wildman–Crippen MR) is 122 cm³/mol. The summed E-state index contributed by atoms with van der Waals surface area (Å²) < 4.78 is 32.7. The molecule has 2 heterocycles. The Kier molecular flexibility index (Phi) is 5.97. The van der Waals surface area contributed by atoms with E-state index in [1.54, 1.807) is 30.0 Å². The molecule has 2 aromatic carbocycles. The third-order valence-electron chi connectivity index (χ3n) is 4.80. The van der Waals surface area contributed by atoms with Crippen LogP contribution < -0.4 is 19.7 Å². The number of aryl methyl sites for hydroxylation is 2. The van der Waals surface area contributed by atoms with Crippen LogP contribution in [0.15, 0.2) is 59.6 Å². The maximum Gasteiger partial charge on any atom is 0.331 e. The van der Waals surface area contributed by atoms with Crippen LogP contribution in [0.1, 0.15) is 11.3 Å². The van der Waals surface area contributed by atoms with Gasteiger partial charge in [0.1, 0.15) is 6.54 Å². The second-order valence-electron chi connectivity index (χ2n) is 7.50. The van der Waals surface area contributed by atoms with E-state index >= 15 is 0 Å². The Bertz CT molecular complexity index is 1330. The van der Waals surface area contributed by atoms with Gasteiger partial charge in [0.2, 0.25) is 11.9 Å². The largest absolute Gasteiger partial charge is 0.423 e. The zero-order valence-corrected chi connectivity index (χ0v) is 18.7. The van der Waals surface area contributed by atoms with E-state index in [1.807, 2.05) is 13.0 Å². The van der Waals surface area contributed by atoms with Gasteiger partial charge >= 0.3 is 5.97 Å². The molecule has 3 aromatic rings. The molecule has 0 radical (unpaired) electrons. The monoisotopic (exact) mass is 467 g/mol. The third kappa shape index (κ3) is 5.26. The highest BCUT2D eigenvalue weighted by atomic mass is 32.2. The van der Waals surface area contributed by atoms with Gasteiger partial charge in [0.15, 0.2) is 5.75 Å². The fourth-order valence-corrected chi connectivity index (χ4v) is 4.22. The van der Waals surface area contributed by atoms with Crippen molar-refractivity contribution in [2.24, 2.45) is 0 Å². The van der Waals surface area contributed by atoms with Crippen molar-refractivity contribution in [3.63, 3.8) is 0 Å². The number of benzene rings is 2. The lowest BCUT2D eigenvalue weighted by atomic mass is 10.1. The summed E-state index contributed by atoms with van der Waals surface area (Å²) in [4.78, 5) is 34.0. The normalized spacial score (nSPS) is 13.2. The highest BCUT2D eigenvalue weighted by molar-refractivity contribution is 7.92. The quantitative estimate of drug-likeness (QED) is 0.417. The highest BCUT2D eigenvalue weighted by Crippen LogP contribution is 2.32.